The number of hydrogen-bond donors (Lipinski definition) is 2. The molecule has 1 aliphatic heterocycles. The SMILES string of the molecule is O=C1NC(=O)N(Cc2ccco2)C(=O)/C1=C/c1ccc(O)c([N+](=O)[O-])c1. The zero-order valence-corrected chi connectivity index (χ0v) is 13.0. The van der Waals surface area contributed by atoms with Crippen LogP contribution in [0.1, 0.15) is 11.3 Å². The van der Waals surface area contributed by atoms with Crippen LogP contribution in [0, 0.1) is 10.1 Å². The van der Waals surface area contributed by atoms with E-state index in [1.807, 2.05) is 5.32 Å². The molecule has 1 fully saturated rings. The smallest absolute Gasteiger partial charge is 0.331 e. The maximum absolute atomic E-state index is 12.5. The number of nitrogens with zero attached hydrogens (tertiary/aromatic N) is 2. The van der Waals surface area contributed by atoms with Gasteiger partial charge in [-0.25, -0.2) is 4.79 Å². The maximum Gasteiger partial charge on any atom is 0.331 e. The summed E-state index contributed by atoms with van der Waals surface area (Å²) in [5.74, 6) is -2.01. The van der Waals surface area contributed by atoms with Crippen LogP contribution in [0.25, 0.3) is 6.08 Å². The van der Waals surface area contributed by atoms with Crippen LogP contribution in [0.2, 0.25) is 0 Å². The molecule has 0 atom stereocenters. The van der Waals surface area contributed by atoms with Crippen molar-refractivity contribution in [1.82, 2.24) is 10.2 Å². The first-order valence-corrected chi connectivity index (χ1v) is 7.25. The van der Waals surface area contributed by atoms with E-state index in [1.54, 1.807) is 12.1 Å². The minimum Gasteiger partial charge on any atom is -0.502 e. The third-order valence-corrected chi connectivity index (χ3v) is 3.59. The number of carbonyl (C=O) groups excluding carboxylic acids is 3. The Morgan fingerprint density at radius 2 is 2.04 bits per heavy atom. The highest BCUT2D eigenvalue weighted by Gasteiger charge is 2.36. The molecular weight excluding hydrogens is 346 g/mol. The Bertz CT molecular complexity index is 947. The number of imide groups is 2. The van der Waals surface area contributed by atoms with Crippen LogP contribution >= 0.6 is 0 Å². The van der Waals surface area contributed by atoms with Crippen LogP contribution in [0.4, 0.5) is 10.5 Å². The van der Waals surface area contributed by atoms with Crippen molar-refractivity contribution >= 4 is 29.6 Å². The molecule has 10 nitrogen and oxygen atoms in total. The fraction of sp³-hybridized carbons (Fsp3) is 0.0625. The summed E-state index contributed by atoms with van der Waals surface area (Å²) in [6, 6.07) is 5.62. The number of rotatable bonds is 4. The monoisotopic (exact) mass is 357 g/mol. The fourth-order valence-corrected chi connectivity index (χ4v) is 2.34. The second kappa shape index (κ2) is 6.51. The molecule has 1 aromatic heterocycles. The van der Waals surface area contributed by atoms with Gasteiger partial charge in [-0.15, -0.1) is 0 Å². The largest absolute Gasteiger partial charge is 0.502 e. The molecule has 0 bridgehead atoms. The number of amides is 4. The lowest BCUT2D eigenvalue weighted by Crippen LogP contribution is -2.53. The molecule has 1 saturated heterocycles. The van der Waals surface area contributed by atoms with Crippen LogP contribution in [-0.2, 0) is 16.1 Å². The van der Waals surface area contributed by atoms with Crippen LogP contribution < -0.4 is 5.32 Å². The molecule has 2 heterocycles. The number of benzene rings is 1. The number of carbonyl (C=O) groups is 3. The standard InChI is InChI=1S/C16H11N3O7/c20-13-4-3-9(7-12(13)19(24)25)6-11-14(21)17-16(23)18(15(11)22)8-10-2-1-5-26-10/h1-7,20H,8H2,(H,17,21,23)/b11-6+. The number of furan rings is 1. The summed E-state index contributed by atoms with van der Waals surface area (Å²) in [4.78, 5) is 47.3. The van der Waals surface area contributed by atoms with Gasteiger partial charge in [-0.3, -0.25) is 29.9 Å². The molecule has 0 aliphatic carbocycles. The molecule has 26 heavy (non-hydrogen) atoms. The van der Waals surface area contributed by atoms with Gasteiger partial charge in [0.25, 0.3) is 11.8 Å². The van der Waals surface area contributed by atoms with Crippen molar-refractivity contribution in [2.24, 2.45) is 0 Å². The molecule has 1 aliphatic rings. The molecule has 1 aromatic carbocycles. The van der Waals surface area contributed by atoms with Gasteiger partial charge in [0.1, 0.15) is 11.3 Å². The number of nitro benzene ring substituents is 1. The third-order valence-electron chi connectivity index (χ3n) is 3.59. The lowest BCUT2D eigenvalue weighted by atomic mass is 10.1. The van der Waals surface area contributed by atoms with Crippen molar-refractivity contribution in [3.8, 4) is 5.75 Å². The molecule has 2 aromatic rings. The highest BCUT2D eigenvalue weighted by molar-refractivity contribution is 6.30. The summed E-state index contributed by atoms with van der Waals surface area (Å²) in [6.45, 7) is -0.183. The van der Waals surface area contributed by atoms with Gasteiger partial charge in [-0.2, -0.15) is 0 Å². The zero-order valence-electron chi connectivity index (χ0n) is 13.0. The zero-order chi connectivity index (χ0) is 18.8. The molecule has 4 amide bonds. The van der Waals surface area contributed by atoms with E-state index in [0.29, 0.717) is 5.76 Å². The maximum atomic E-state index is 12.5. The summed E-state index contributed by atoms with van der Waals surface area (Å²) in [5.41, 5.74) is -0.817. The molecule has 0 unspecified atom stereocenters. The summed E-state index contributed by atoms with van der Waals surface area (Å²) in [6.07, 6.45) is 2.48. The van der Waals surface area contributed by atoms with Crippen molar-refractivity contribution in [2.75, 3.05) is 0 Å². The van der Waals surface area contributed by atoms with Gasteiger partial charge in [0.2, 0.25) is 0 Å². The van der Waals surface area contributed by atoms with Crippen molar-refractivity contribution < 1.29 is 28.8 Å². The van der Waals surface area contributed by atoms with Crippen LogP contribution in [0.5, 0.6) is 5.75 Å². The first-order chi connectivity index (χ1) is 12.4. The number of phenolic OH excluding ortho intramolecular Hbond substituents is 1. The average molecular weight is 357 g/mol. The number of nitrogens with one attached hydrogen (secondary N) is 1. The van der Waals surface area contributed by atoms with Crippen molar-refractivity contribution in [1.29, 1.82) is 0 Å². The molecule has 3 rings (SSSR count). The summed E-state index contributed by atoms with van der Waals surface area (Å²) in [5, 5.41) is 22.4. The quantitative estimate of drug-likeness (QED) is 0.366. The Labute approximate surface area is 145 Å². The number of phenols is 1. The summed E-state index contributed by atoms with van der Waals surface area (Å²) in [7, 11) is 0. The van der Waals surface area contributed by atoms with Crippen molar-refractivity contribution in [3.05, 3.63) is 63.6 Å². The Hall–Kier alpha value is -3.95. The summed E-state index contributed by atoms with van der Waals surface area (Å²) >= 11 is 0. The first kappa shape index (κ1) is 16.9. The topological polar surface area (TPSA) is 143 Å². The van der Waals surface area contributed by atoms with E-state index in [1.165, 1.54) is 12.3 Å². The van der Waals surface area contributed by atoms with Crippen LogP contribution in [-0.4, -0.2) is 32.8 Å². The predicted molar refractivity (Wildman–Crippen MR) is 85.5 cm³/mol. The van der Waals surface area contributed by atoms with Gasteiger partial charge in [-0.1, -0.05) is 6.07 Å². The Morgan fingerprint density at radius 3 is 2.69 bits per heavy atom. The van der Waals surface area contributed by atoms with E-state index in [0.717, 1.165) is 23.1 Å². The highest BCUT2D eigenvalue weighted by atomic mass is 16.6. The van der Waals surface area contributed by atoms with Crippen molar-refractivity contribution in [2.45, 2.75) is 6.54 Å². The highest BCUT2D eigenvalue weighted by Crippen LogP contribution is 2.27. The number of hydrogen-bond acceptors (Lipinski definition) is 7. The van der Waals surface area contributed by atoms with Gasteiger partial charge in [-0.05, 0) is 29.8 Å². The Morgan fingerprint density at radius 1 is 1.27 bits per heavy atom. The van der Waals surface area contributed by atoms with E-state index in [4.69, 9.17) is 4.42 Å². The first-order valence-electron chi connectivity index (χ1n) is 7.25. The molecule has 10 heteroatoms. The number of urea groups is 1. The van der Waals surface area contributed by atoms with E-state index < -0.39 is 34.2 Å². The van der Waals surface area contributed by atoms with E-state index in [9.17, 15) is 29.6 Å². The molecule has 0 saturated carbocycles. The lowest BCUT2D eigenvalue weighted by molar-refractivity contribution is -0.385. The number of nitro groups is 1. The van der Waals surface area contributed by atoms with E-state index in [-0.39, 0.29) is 17.7 Å². The van der Waals surface area contributed by atoms with Gasteiger partial charge >= 0.3 is 11.7 Å². The Balaban J connectivity index is 1.95. The van der Waals surface area contributed by atoms with Gasteiger partial charge in [0.15, 0.2) is 5.75 Å². The molecule has 2 N–H and O–H groups in total. The van der Waals surface area contributed by atoms with Gasteiger partial charge in [0.05, 0.1) is 17.7 Å². The van der Waals surface area contributed by atoms with Crippen LogP contribution in [0.15, 0.2) is 46.6 Å². The van der Waals surface area contributed by atoms with E-state index >= 15 is 0 Å². The minimum absolute atomic E-state index is 0.139. The van der Waals surface area contributed by atoms with Gasteiger partial charge < -0.3 is 9.52 Å². The van der Waals surface area contributed by atoms with E-state index in [2.05, 4.69) is 0 Å². The second-order valence-electron chi connectivity index (χ2n) is 5.29. The Kier molecular flexibility index (Phi) is 4.23. The number of aromatic hydroxyl groups is 1. The minimum atomic E-state index is -0.925. The molecular formula is C16H11N3O7. The molecule has 0 spiro atoms. The normalized spacial score (nSPS) is 16.1. The second-order valence-corrected chi connectivity index (χ2v) is 5.29. The summed E-state index contributed by atoms with van der Waals surface area (Å²) < 4.78 is 5.09. The lowest BCUT2D eigenvalue weighted by Gasteiger charge is -2.25. The fourth-order valence-electron chi connectivity index (χ4n) is 2.34. The van der Waals surface area contributed by atoms with Gasteiger partial charge in [0, 0.05) is 6.07 Å². The number of barbiturate groups is 1. The van der Waals surface area contributed by atoms with Crippen molar-refractivity contribution in [3.63, 3.8) is 0 Å². The average Bonchev–Trinajstić information content (AvgIpc) is 3.09. The molecule has 0 radical (unpaired) electrons. The third kappa shape index (κ3) is 3.15. The molecule has 132 valence electrons. The predicted octanol–water partition coefficient (Wildman–Crippen LogP) is 1.56. The van der Waals surface area contributed by atoms with Crippen LogP contribution in [0.3, 0.4) is 0 Å².